The average Bonchev–Trinajstić information content (AvgIpc) is 2.66. The molecule has 0 bridgehead atoms. The Hall–Kier alpha value is -1.59. The molecule has 1 atom stereocenters. The number of ether oxygens (including phenoxy) is 1. The van der Waals surface area contributed by atoms with Gasteiger partial charge in [-0.05, 0) is 33.8 Å². The predicted molar refractivity (Wildman–Crippen MR) is 79.2 cm³/mol. The van der Waals surface area contributed by atoms with Crippen LogP contribution in [0.2, 0.25) is 5.02 Å². The molecule has 0 saturated carbocycles. The number of benzene rings is 1. The van der Waals surface area contributed by atoms with Gasteiger partial charge in [0.2, 0.25) is 0 Å². The van der Waals surface area contributed by atoms with Crippen LogP contribution in [0.25, 0.3) is 10.9 Å². The van der Waals surface area contributed by atoms with Crippen molar-refractivity contribution in [2.24, 2.45) is 0 Å². The lowest BCUT2D eigenvalue weighted by Crippen LogP contribution is -2.26. The molecule has 1 aromatic carbocycles. The SMILES string of the molecule is CC(O)c1cn(C(=O)OC(C)(C)C)c2cc(F)c(Cl)cc12. The number of halogens is 2. The fraction of sp³-hybridized carbons (Fsp3) is 0.400. The molecule has 21 heavy (non-hydrogen) atoms. The van der Waals surface area contributed by atoms with Crippen molar-refractivity contribution >= 4 is 28.6 Å². The molecule has 1 unspecified atom stereocenters. The van der Waals surface area contributed by atoms with Gasteiger partial charge < -0.3 is 9.84 Å². The van der Waals surface area contributed by atoms with Gasteiger partial charge in [-0.25, -0.2) is 9.18 Å². The second-order valence-corrected chi connectivity index (χ2v) is 6.30. The number of aliphatic hydroxyl groups excluding tert-OH is 1. The number of carbonyl (C=O) groups excluding carboxylic acids is 1. The maximum Gasteiger partial charge on any atom is 0.419 e. The van der Waals surface area contributed by atoms with E-state index in [0.29, 0.717) is 16.5 Å². The number of hydrogen-bond acceptors (Lipinski definition) is 3. The molecule has 4 nitrogen and oxygen atoms in total. The summed E-state index contributed by atoms with van der Waals surface area (Å²) >= 11 is 5.78. The first-order valence-corrected chi connectivity index (χ1v) is 6.89. The Morgan fingerprint density at radius 3 is 2.57 bits per heavy atom. The van der Waals surface area contributed by atoms with E-state index in [1.165, 1.54) is 16.8 Å². The third-order valence-electron chi connectivity index (χ3n) is 2.92. The van der Waals surface area contributed by atoms with Gasteiger partial charge >= 0.3 is 6.09 Å². The molecule has 1 heterocycles. The molecule has 0 aliphatic heterocycles. The zero-order valence-corrected chi connectivity index (χ0v) is 13.0. The van der Waals surface area contributed by atoms with Crippen molar-refractivity contribution in [3.05, 3.63) is 34.7 Å². The average molecular weight is 314 g/mol. The lowest BCUT2D eigenvalue weighted by atomic mass is 10.1. The standard InChI is InChI=1S/C15H17ClFNO3/c1-8(19)10-7-18(14(20)21-15(2,3)4)13-6-12(17)11(16)5-9(10)13/h5-8,19H,1-4H3. The first kappa shape index (κ1) is 15.8. The van der Waals surface area contributed by atoms with Gasteiger partial charge in [0.25, 0.3) is 0 Å². The van der Waals surface area contributed by atoms with Crippen molar-refractivity contribution in [3.63, 3.8) is 0 Å². The smallest absolute Gasteiger partial charge is 0.419 e. The third-order valence-corrected chi connectivity index (χ3v) is 3.21. The monoisotopic (exact) mass is 313 g/mol. The van der Waals surface area contributed by atoms with Crippen LogP contribution in [0.1, 0.15) is 39.4 Å². The van der Waals surface area contributed by atoms with Crippen LogP contribution in [0.4, 0.5) is 9.18 Å². The molecule has 0 aliphatic rings. The molecule has 0 radical (unpaired) electrons. The van der Waals surface area contributed by atoms with Crippen LogP contribution < -0.4 is 0 Å². The highest BCUT2D eigenvalue weighted by atomic mass is 35.5. The van der Waals surface area contributed by atoms with Crippen LogP contribution in [-0.4, -0.2) is 21.4 Å². The second-order valence-electron chi connectivity index (χ2n) is 5.89. The van der Waals surface area contributed by atoms with Crippen molar-refractivity contribution in [1.29, 1.82) is 0 Å². The van der Waals surface area contributed by atoms with Crippen molar-refractivity contribution in [2.45, 2.75) is 39.4 Å². The summed E-state index contributed by atoms with van der Waals surface area (Å²) in [6, 6.07) is 2.56. The topological polar surface area (TPSA) is 51.5 Å². The highest BCUT2D eigenvalue weighted by Gasteiger charge is 2.22. The number of carbonyl (C=O) groups is 1. The lowest BCUT2D eigenvalue weighted by molar-refractivity contribution is 0.0544. The van der Waals surface area contributed by atoms with E-state index in [9.17, 15) is 14.3 Å². The summed E-state index contributed by atoms with van der Waals surface area (Å²) in [5.74, 6) is -0.635. The highest BCUT2D eigenvalue weighted by Crippen LogP contribution is 2.31. The van der Waals surface area contributed by atoms with Crippen molar-refractivity contribution < 1.29 is 19.0 Å². The highest BCUT2D eigenvalue weighted by molar-refractivity contribution is 6.31. The van der Waals surface area contributed by atoms with E-state index in [2.05, 4.69) is 0 Å². The molecule has 0 saturated heterocycles. The Balaban J connectivity index is 2.64. The molecule has 2 aromatic rings. The van der Waals surface area contributed by atoms with E-state index in [-0.39, 0.29) is 5.02 Å². The van der Waals surface area contributed by atoms with Gasteiger partial charge in [-0.2, -0.15) is 0 Å². The van der Waals surface area contributed by atoms with Gasteiger partial charge in [-0.15, -0.1) is 0 Å². The molecule has 0 fully saturated rings. The summed E-state index contributed by atoms with van der Waals surface area (Å²) in [7, 11) is 0. The third kappa shape index (κ3) is 3.19. The summed E-state index contributed by atoms with van der Waals surface area (Å²) < 4.78 is 20.1. The molecule has 0 aliphatic carbocycles. The molecule has 2 rings (SSSR count). The number of nitrogens with zero attached hydrogens (tertiary/aromatic N) is 1. The fourth-order valence-electron chi connectivity index (χ4n) is 2.04. The summed E-state index contributed by atoms with van der Waals surface area (Å²) in [5, 5.41) is 10.3. The Labute approximate surface area is 127 Å². The Morgan fingerprint density at radius 1 is 1.43 bits per heavy atom. The van der Waals surface area contributed by atoms with Crippen molar-refractivity contribution in [1.82, 2.24) is 4.57 Å². The molecule has 114 valence electrons. The van der Waals surface area contributed by atoms with Crippen LogP contribution in [-0.2, 0) is 4.74 Å². The predicted octanol–water partition coefficient (Wildman–Crippen LogP) is 4.27. The molecule has 0 spiro atoms. The van der Waals surface area contributed by atoms with Crippen molar-refractivity contribution in [3.8, 4) is 0 Å². The number of rotatable bonds is 1. The molecule has 6 heteroatoms. The van der Waals surface area contributed by atoms with Crippen LogP contribution in [0.5, 0.6) is 0 Å². The van der Waals surface area contributed by atoms with E-state index >= 15 is 0 Å². The zero-order chi connectivity index (χ0) is 15.9. The molecular weight excluding hydrogens is 297 g/mol. The number of aromatic nitrogens is 1. The summed E-state index contributed by atoms with van der Waals surface area (Å²) in [4.78, 5) is 12.2. The maximum absolute atomic E-state index is 13.7. The van der Waals surface area contributed by atoms with Crippen LogP contribution in [0.3, 0.4) is 0 Å². The van der Waals surface area contributed by atoms with Gasteiger partial charge in [0, 0.05) is 23.2 Å². The van der Waals surface area contributed by atoms with E-state index in [4.69, 9.17) is 16.3 Å². The van der Waals surface area contributed by atoms with E-state index in [0.717, 1.165) is 6.07 Å². The number of aliphatic hydroxyl groups is 1. The van der Waals surface area contributed by atoms with Crippen LogP contribution in [0, 0.1) is 5.82 Å². The summed E-state index contributed by atoms with van der Waals surface area (Å²) in [5.41, 5.74) is 0.115. The van der Waals surface area contributed by atoms with Crippen LogP contribution in [0.15, 0.2) is 18.3 Å². The zero-order valence-electron chi connectivity index (χ0n) is 12.3. The Morgan fingerprint density at radius 2 is 2.05 bits per heavy atom. The minimum absolute atomic E-state index is 0.0636. The van der Waals surface area contributed by atoms with Crippen molar-refractivity contribution in [2.75, 3.05) is 0 Å². The van der Waals surface area contributed by atoms with Gasteiger partial charge in [0.1, 0.15) is 11.4 Å². The van der Waals surface area contributed by atoms with Gasteiger partial charge in [0.05, 0.1) is 16.6 Å². The minimum atomic E-state index is -0.822. The normalized spacial score (nSPS) is 13.5. The number of hydrogen-bond donors (Lipinski definition) is 1. The molecular formula is C15H17ClFNO3. The van der Waals surface area contributed by atoms with E-state index in [1.807, 2.05) is 0 Å². The first-order chi connectivity index (χ1) is 9.60. The quantitative estimate of drug-likeness (QED) is 0.855. The maximum atomic E-state index is 13.7. The second kappa shape index (κ2) is 5.31. The van der Waals surface area contributed by atoms with Gasteiger partial charge in [0.15, 0.2) is 0 Å². The molecule has 0 amide bonds. The largest absolute Gasteiger partial charge is 0.443 e. The van der Waals surface area contributed by atoms with E-state index in [1.54, 1.807) is 27.7 Å². The lowest BCUT2D eigenvalue weighted by Gasteiger charge is -2.19. The minimum Gasteiger partial charge on any atom is -0.443 e. The van der Waals surface area contributed by atoms with Gasteiger partial charge in [-0.3, -0.25) is 4.57 Å². The fourth-order valence-corrected chi connectivity index (χ4v) is 2.20. The summed E-state index contributed by atoms with van der Waals surface area (Å²) in [6.45, 7) is 6.78. The van der Waals surface area contributed by atoms with Gasteiger partial charge in [-0.1, -0.05) is 11.6 Å². The Bertz CT molecular complexity index is 701. The molecule has 1 aromatic heterocycles. The van der Waals surface area contributed by atoms with E-state index < -0.39 is 23.6 Å². The molecule has 1 N–H and O–H groups in total. The first-order valence-electron chi connectivity index (χ1n) is 6.51. The van der Waals surface area contributed by atoms with Crippen LogP contribution >= 0.6 is 11.6 Å². The number of fused-ring (bicyclic) bond motifs is 1. The Kier molecular flexibility index (Phi) is 4.00. The summed E-state index contributed by atoms with van der Waals surface area (Å²) in [6.07, 6.45) is -0.0158.